The highest BCUT2D eigenvalue weighted by Crippen LogP contribution is 2.24. The summed E-state index contributed by atoms with van der Waals surface area (Å²) in [5, 5.41) is 10.3. The van der Waals surface area contributed by atoms with Gasteiger partial charge >= 0.3 is 12.1 Å². The van der Waals surface area contributed by atoms with E-state index in [4.69, 9.17) is 14.6 Å². The van der Waals surface area contributed by atoms with Gasteiger partial charge in [-0.15, -0.1) is 0 Å². The van der Waals surface area contributed by atoms with Crippen molar-refractivity contribution in [2.75, 3.05) is 14.2 Å². The van der Waals surface area contributed by atoms with Crippen LogP contribution in [0.4, 0.5) is 13.2 Å². The molecule has 0 heterocycles. The number of alkyl halides is 3. The molecule has 1 aliphatic rings. The topological polar surface area (TPSA) is 75.6 Å². The molecule has 2 N–H and O–H groups in total. The van der Waals surface area contributed by atoms with Gasteiger partial charge in [-0.2, -0.15) is 13.2 Å². The van der Waals surface area contributed by atoms with Crippen molar-refractivity contribution in [1.82, 2.24) is 5.32 Å². The molecule has 0 aromatic carbocycles. The summed E-state index contributed by atoms with van der Waals surface area (Å²) in [5.74, 6) is -2.55. The molecule has 1 aliphatic carbocycles. The van der Waals surface area contributed by atoms with Crippen LogP contribution in [0.1, 0.15) is 19.3 Å². The van der Waals surface area contributed by atoms with Crippen LogP contribution < -0.4 is 5.32 Å². The summed E-state index contributed by atoms with van der Waals surface area (Å²) in [6.45, 7) is 0. The average Bonchev–Trinajstić information content (AvgIpc) is 2.37. The summed E-state index contributed by atoms with van der Waals surface area (Å²) < 4.78 is 37.0. The highest BCUT2D eigenvalue weighted by Gasteiger charge is 2.38. The van der Waals surface area contributed by atoms with E-state index < -0.39 is 12.1 Å². The molecule has 1 saturated carbocycles. The number of halogens is 3. The molecule has 0 saturated heterocycles. The van der Waals surface area contributed by atoms with Crippen molar-refractivity contribution >= 4 is 12.3 Å². The average molecular weight is 285 g/mol. The molecule has 5 nitrogen and oxygen atoms in total. The van der Waals surface area contributed by atoms with Gasteiger partial charge in [0.15, 0.2) is 0 Å². The zero-order valence-electron chi connectivity index (χ0n) is 10.7. The number of hydrogen-bond donors (Lipinski definition) is 2. The Kier molecular flexibility index (Phi) is 7.62. The fourth-order valence-electron chi connectivity index (χ4n) is 1.87. The third-order valence-electron chi connectivity index (χ3n) is 2.94. The van der Waals surface area contributed by atoms with Gasteiger partial charge in [0.2, 0.25) is 0 Å². The summed E-state index contributed by atoms with van der Waals surface area (Å²) >= 11 is 0. The van der Waals surface area contributed by atoms with Crippen molar-refractivity contribution in [3.8, 4) is 0 Å². The molecule has 0 unspecified atom stereocenters. The highest BCUT2D eigenvalue weighted by atomic mass is 19.4. The Labute approximate surface area is 109 Å². The van der Waals surface area contributed by atoms with Gasteiger partial charge in [-0.3, -0.25) is 0 Å². The smallest absolute Gasteiger partial charge is 0.475 e. The standard InChI is InChI=1S/C9H17NO2.C2HF3O2/c1-10-8-4-3-7(6-11)5-9(8)12-2;3-2(4,5)1(6)7/h6-10H,3-5H2,1-2H3;(H,6,7)/t7-,8-,9-;/m1./s1. The van der Waals surface area contributed by atoms with Gasteiger partial charge in [-0.25, -0.2) is 4.79 Å². The largest absolute Gasteiger partial charge is 0.490 e. The number of carbonyl (C=O) groups excluding carboxylic acids is 1. The summed E-state index contributed by atoms with van der Waals surface area (Å²) in [5.41, 5.74) is 0. The molecular formula is C11H18F3NO4. The van der Waals surface area contributed by atoms with Crippen LogP contribution in [0, 0.1) is 5.92 Å². The number of methoxy groups -OCH3 is 1. The Morgan fingerprint density at radius 3 is 2.26 bits per heavy atom. The van der Waals surface area contributed by atoms with Crippen LogP contribution in [0.15, 0.2) is 0 Å². The Hall–Kier alpha value is -1.15. The SMILES string of the molecule is CN[C@@H]1CC[C@@H](C=O)C[C@H]1OC.O=C(O)C(F)(F)F. The lowest BCUT2D eigenvalue weighted by Gasteiger charge is -2.32. The van der Waals surface area contributed by atoms with Crippen molar-refractivity contribution in [1.29, 1.82) is 0 Å². The van der Waals surface area contributed by atoms with Crippen LogP contribution in [-0.2, 0) is 14.3 Å². The maximum Gasteiger partial charge on any atom is 0.490 e. The van der Waals surface area contributed by atoms with Crippen molar-refractivity contribution in [2.24, 2.45) is 5.92 Å². The highest BCUT2D eigenvalue weighted by molar-refractivity contribution is 5.73. The van der Waals surface area contributed by atoms with Crippen LogP contribution in [-0.4, -0.2) is 49.8 Å². The zero-order valence-corrected chi connectivity index (χ0v) is 10.7. The first kappa shape index (κ1) is 17.8. The number of carboxylic acid groups (broad SMARTS) is 1. The van der Waals surface area contributed by atoms with Crippen molar-refractivity contribution in [3.63, 3.8) is 0 Å². The third-order valence-corrected chi connectivity index (χ3v) is 2.94. The molecule has 19 heavy (non-hydrogen) atoms. The number of carboxylic acids is 1. The number of hydrogen-bond acceptors (Lipinski definition) is 4. The lowest BCUT2D eigenvalue weighted by molar-refractivity contribution is -0.192. The van der Waals surface area contributed by atoms with Crippen molar-refractivity contribution in [2.45, 2.75) is 37.6 Å². The van der Waals surface area contributed by atoms with Gasteiger partial charge in [-0.1, -0.05) is 0 Å². The van der Waals surface area contributed by atoms with Gasteiger partial charge in [0.1, 0.15) is 6.29 Å². The lowest BCUT2D eigenvalue weighted by atomic mass is 9.85. The molecule has 0 aliphatic heterocycles. The van der Waals surface area contributed by atoms with Crippen molar-refractivity contribution in [3.05, 3.63) is 0 Å². The maximum absolute atomic E-state index is 10.6. The molecule has 0 bridgehead atoms. The number of nitrogens with one attached hydrogen (secondary N) is 1. The number of ether oxygens (including phenoxy) is 1. The van der Waals surface area contributed by atoms with E-state index in [-0.39, 0.29) is 12.0 Å². The second kappa shape index (κ2) is 8.11. The van der Waals surface area contributed by atoms with E-state index in [1.807, 2.05) is 7.05 Å². The first-order valence-corrected chi connectivity index (χ1v) is 5.71. The first-order valence-electron chi connectivity index (χ1n) is 5.71. The second-order valence-electron chi connectivity index (χ2n) is 4.18. The molecule has 8 heteroatoms. The summed E-state index contributed by atoms with van der Waals surface area (Å²) in [7, 11) is 3.65. The molecule has 112 valence electrons. The maximum atomic E-state index is 10.6. The fourth-order valence-corrected chi connectivity index (χ4v) is 1.87. The number of aliphatic carboxylic acids is 1. The summed E-state index contributed by atoms with van der Waals surface area (Å²) in [6.07, 6.45) is -0.921. The van der Waals surface area contributed by atoms with Gasteiger partial charge in [0, 0.05) is 19.1 Å². The van der Waals surface area contributed by atoms with Crippen LogP contribution in [0.25, 0.3) is 0 Å². The summed E-state index contributed by atoms with van der Waals surface area (Å²) in [4.78, 5) is 19.4. The van der Waals surface area contributed by atoms with E-state index in [2.05, 4.69) is 5.32 Å². The minimum Gasteiger partial charge on any atom is -0.475 e. The van der Waals surface area contributed by atoms with Gasteiger partial charge in [-0.05, 0) is 26.3 Å². The molecule has 0 aromatic rings. The third kappa shape index (κ3) is 6.53. The molecule has 0 radical (unpaired) electrons. The quantitative estimate of drug-likeness (QED) is 0.763. The fraction of sp³-hybridized carbons (Fsp3) is 0.818. The molecule has 0 amide bonds. The van der Waals surface area contributed by atoms with Crippen LogP contribution in [0.3, 0.4) is 0 Å². The predicted octanol–water partition coefficient (Wildman–Crippen LogP) is 1.22. The minimum absolute atomic E-state index is 0.207. The molecule has 1 fully saturated rings. The van der Waals surface area contributed by atoms with E-state index >= 15 is 0 Å². The van der Waals surface area contributed by atoms with E-state index in [1.54, 1.807) is 7.11 Å². The van der Waals surface area contributed by atoms with Gasteiger partial charge in [0.25, 0.3) is 0 Å². The number of aldehydes is 1. The predicted molar refractivity (Wildman–Crippen MR) is 60.7 cm³/mol. The van der Waals surface area contributed by atoms with Crippen LogP contribution in [0.2, 0.25) is 0 Å². The lowest BCUT2D eigenvalue weighted by Crippen LogP contribution is -2.43. The minimum atomic E-state index is -5.08. The molecule has 0 spiro atoms. The van der Waals surface area contributed by atoms with E-state index in [1.165, 1.54) is 0 Å². The second-order valence-corrected chi connectivity index (χ2v) is 4.18. The van der Waals surface area contributed by atoms with Crippen LogP contribution in [0.5, 0.6) is 0 Å². The number of likely N-dealkylation sites (N-methyl/N-ethyl adjacent to an activating group) is 1. The van der Waals surface area contributed by atoms with E-state index in [0.29, 0.717) is 6.04 Å². The Bertz CT molecular complexity index is 296. The molecule has 3 atom stereocenters. The van der Waals surface area contributed by atoms with Gasteiger partial charge < -0.3 is 20.0 Å². The van der Waals surface area contributed by atoms with Crippen LogP contribution >= 0.6 is 0 Å². The molecule has 0 aromatic heterocycles. The number of rotatable bonds is 3. The number of carbonyl (C=O) groups is 2. The zero-order chi connectivity index (χ0) is 15.1. The van der Waals surface area contributed by atoms with Gasteiger partial charge in [0.05, 0.1) is 6.10 Å². The van der Waals surface area contributed by atoms with E-state index in [0.717, 1.165) is 25.5 Å². The summed E-state index contributed by atoms with van der Waals surface area (Å²) in [6, 6.07) is 0.422. The normalized spacial score (nSPS) is 27.1. The Morgan fingerprint density at radius 2 is 1.95 bits per heavy atom. The molecule has 1 rings (SSSR count). The van der Waals surface area contributed by atoms with E-state index in [9.17, 15) is 18.0 Å². The monoisotopic (exact) mass is 285 g/mol. The van der Waals surface area contributed by atoms with Crippen molar-refractivity contribution < 1.29 is 32.6 Å². The Morgan fingerprint density at radius 1 is 1.42 bits per heavy atom. The molecular weight excluding hydrogens is 267 g/mol. The first-order chi connectivity index (χ1) is 8.76. The Balaban J connectivity index is 0.000000399.